The molecule has 0 aliphatic heterocycles. The number of carboxylic acids is 1. The molecule has 2 aromatic rings. The van der Waals surface area contributed by atoms with Gasteiger partial charge < -0.3 is 9.67 Å². The summed E-state index contributed by atoms with van der Waals surface area (Å²) in [6, 6.07) is 7.56. The molecule has 1 aromatic carbocycles. The summed E-state index contributed by atoms with van der Waals surface area (Å²) >= 11 is 0. The van der Waals surface area contributed by atoms with Gasteiger partial charge in [-0.15, -0.1) is 0 Å². The zero-order chi connectivity index (χ0) is 12.4. The number of carbonyl (C=O) groups is 1. The van der Waals surface area contributed by atoms with Gasteiger partial charge in [-0.1, -0.05) is 18.2 Å². The third-order valence-electron chi connectivity index (χ3n) is 2.87. The lowest BCUT2D eigenvalue weighted by atomic mass is 9.98. The third kappa shape index (κ3) is 2.20. The molecular weight excluding hydrogens is 216 g/mol. The van der Waals surface area contributed by atoms with E-state index in [-0.39, 0.29) is 0 Å². The highest BCUT2D eigenvalue weighted by Crippen LogP contribution is 2.23. The molecule has 0 amide bonds. The molecule has 0 aliphatic carbocycles. The van der Waals surface area contributed by atoms with Crippen molar-refractivity contribution in [1.29, 1.82) is 0 Å². The van der Waals surface area contributed by atoms with Crippen molar-refractivity contribution < 1.29 is 9.90 Å². The van der Waals surface area contributed by atoms with Gasteiger partial charge >= 0.3 is 5.97 Å². The van der Waals surface area contributed by atoms with E-state index in [1.54, 1.807) is 19.4 Å². The van der Waals surface area contributed by atoms with E-state index in [1.807, 2.05) is 35.9 Å². The van der Waals surface area contributed by atoms with Crippen LogP contribution in [0.1, 0.15) is 18.4 Å². The minimum atomic E-state index is -0.813. The quantitative estimate of drug-likeness (QED) is 0.880. The zero-order valence-corrected chi connectivity index (χ0v) is 9.79. The Hall–Kier alpha value is -2.10. The number of hydrogen-bond donors (Lipinski definition) is 1. The number of aliphatic carboxylic acids is 1. The molecule has 0 saturated carbocycles. The van der Waals surface area contributed by atoms with E-state index in [2.05, 4.69) is 4.98 Å². The first-order valence-corrected chi connectivity index (χ1v) is 5.39. The Balaban J connectivity index is 2.42. The zero-order valence-electron chi connectivity index (χ0n) is 9.79. The van der Waals surface area contributed by atoms with Crippen molar-refractivity contribution in [3.05, 3.63) is 42.4 Å². The van der Waals surface area contributed by atoms with Crippen LogP contribution in [0.4, 0.5) is 0 Å². The lowest BCUT2D eigenvalue weighted by Gasteiger charge is -2.09. The summed E-state index contributed by atoms with van der Waals surface area (Å²) in [6.07, 6.45) is 3.49. The largest absolute Gasteiger partial charge is 0.481 e. The Kier molecular flexibility index (Phi) is 2.95. The van der Waals surface area contributed by atoms with Gasteiger partial charge in [-0.25, -0.2) is 4.98 Å². The molecule has 0 bridgehead atoms. The number of benzene rings is 1. The van der Waals surface area contributed by atoms with Gasteiger partial charge in [0.15, 0.2) is 0 Å². The number of aryl methyl sites for hydroxylation is 1. The molecule has 0 aliphatic rings. The molecule has 0 saturated heterocycles. The lowest BCUT2D eigenvalue weighted by molar-refractivity contribution is -0.138. The van der Waals surface area contributed by atoms with E-state index in [1.165, 1.54) is 0 Å². The van der Waals surface area contributed by atoms with Crippen molar-refractivity contribution >= 4 is 5.97 Å². The number of aromatic nitrogens is 2. The number of rotatable bonds is 3. The molecule has 2 rings (SSSR count). The monoisotopic (exact) mass is 230 g/mol. The molecule has 17 heavy (non-hydrogen) atoms. The van der Waals surface area contributed by atoms with Crippen LogP contribution in [-0.2, 0) is 11.8 Å². The van der Waals surface area contributed by atoms with E-state index in [4.69, 9.17) is 5.11 Å². The predicted molar refractivity (Wildman–Crippen MR) is 64.7 cm³/mol. The summed E-state index contributed by atoms with van der Waals surface area (Å²) in [5.74, 6) is -1.31. The van der Waals surface area contributed by atoms with Gasteiger partial charge in [-0.05, 0) is 18.6 Å². The molecule has 1 unspecified atom stereocenters. The van der Waals surface area contributed by atoms with Crippen LogP contribution in [-0.4, -0.2) is 20.6 Å². The van der Waals surface area contributed by atoms with Gasteiger partial charge in [0, 0.05) is 12.6 Å². The van der Waals surface area contributed by atoms with E-state index >= 15 is 0 Å². The minimum absolute atomic E-state index is 0.497. The van der Waals surface area contributed by atoms with Crippen LogP contribution in [0.15, 0.2) is 36.8 Å². The van der Waals surface area contributed by atoms with Gasteiger partial charge in [0.05, 0.1) is 24.1 Å². The molecule has 0 spiro atoms. The third-order valence-corrected chi connectivity index (χ3v) is 2.87. The van der Waals surface area contributed by atoms with Crippen LogP contribution >= 0.6 is 0 Å². The van der Waals surface area contributed by atoms with Crippen LogP contribution in [0.5, 0.6) is 0 Å². The SMILES string of the molecule is CC(C(=O)O)c1cccc(-c2cncn2C)c1. The van der Waals surface area contributed by atoms with E-state index in [9.17, 15) is 4.79 Å². The molecule has 0 radical (unpaired) electrons. The topological polar surface area (TPSA) is 55.1 Å². The van der Waals surface area contributed by atoms with Crippen LogP contribution in [0, 0.1) is 0 Å². The van der Waals surface area contributed by atoms with Crippen molar-refractivity contribution in [2.45, 2.75) is 12.8 Å². The molecule has 1 aromatic heterocycles. The van der Waals surface area contributed by atoms with Gasteiger partial charge in [0.25, 0.3) is 0 Å². The highest BCUT2D eigenvalue weighted by Gasteiger charge is 2.14. The Morgan fingerprint density at radius 3 is 2.82 bits per heavy atom. The smallest absolute Gasteiger partial charge is 0.310 e. The second-order valence-electron chi connectivity index (χ2n) is 4.08. The summed E-state index contributed by atoms with van der Waals surface area (Å²) in [5.41, 5.74) is 2.76. The number of hydrogen-bond acceptors (Lipinski definition) is 2. The molecule has 4 heteroatoms. The molecule has 4 nitrogen and oxygen atoms in total. The highest BCUT2D eigenvalue weighted by atomic mass is 16.4. The fourth-order valence-corrected chi connectivity index (χ4v) is 1.75. The molecule has 88 valence electrons. The van der Waals surface area contributed by atoms with E-state index in [0.29, 0.717) is 0 Å². The van der Waals surface area contributed by atoms with Gasteiger partial charge in [-0.2, -0.15) is 0 Å². The maximum absolute atomic E-state index is 10.9. The fourth-order valence-electron chi connectivity index (χ4n) is 1.75. The Morgan fingerprint density at radius 2 is 2.24 bits per heavy atom. The molecule has 0 fully saturated rings. The van der Waals surface area contributed by atoms with Crippen LogP contribution in [0.3, 0.4) is 0 Å². The Labute approximate surface area is 99.5 Å². The second kappa shape index (κ2) is 4.41. The van der Waals surface area contributed by atoms with Crippen LogP contribution in [0.25, 0.3) is 11.3 Å². The summed E-state index contributed by atoms with van der Waals surface area (Å²) in [6.45, 7) is 1.69. The second-order valence-corrected chi connectivity index (χ2v) is 4.08. The summed E-state index contributed by atoms with van der Waals surface area (Å²) in [4.78, 5) is 15.0. The molecule has 1 heterocycles. The number of imidazole rings is 1. The molecule has 1 atom stereocenters. The number of nitrogens with zero attached hydrogens (tertiary/aromatic N) is 2. The maximum Gasteiger partial charge on any atom is 0.310 e. The van der Waals surface area contributed by atoms with Crippen molar-refractivity contribution in [3.63, 3.8) is 0 Å². The molecule has 1 N–H and O–H groups in total. The van der Waals surface area contributed by atoms with Crippen LogP contribution in [0.2, 0.25) is 0 Å². The summed E-state index contributed by atoms with van der Waals surface area (Å²) < 4.78 is 1.91. The lowest BCUT2D eigenvalue weighted by Crippen LogP contribution is -2.07. The van der Waals surface area contributed by atoms with Crippen molar-refractivity contribution in [2.75, 3.05) is 0 Å². The Bertz CT molecular complexity index is 546. The first kappa shape index (κ1) is 11.4. The van der Waals surface area contributed by atoms with Gasteiger partial charge in [-0.3, -0.25) is 4.79 Å². The van der Waals surface area contributed by atoms with Gasteiger partial charge in [0.2, 0.25) is 0 Å². The van der Waals surface area contributed by atoms with Crippen LogP contribution < -0.4 is 0 Å². The van der Waals surface area contributed by atoms with E-state index in [0.717, 1.165) is 16.8 Å². The highest BCUT2D eigenvalue weighted by molar-refractivity contribution is 5.76. The van der Waals surface area contributed by atoms with Gasteiger partial charge in [0.1, 0.15) is 0 Å². The van der Waals surface area contributed by atoms with E-state index < -0.39 is 11.9 Å². The first-order valence-electron chi connectivity index (χ1n) is 5.39. The summed E-state index contributed by atoms with van der Waals surface area (Å²) in [5, 5.41) is 8.99. The predicted octanol–water partition coefficient (Wildman–Crippen LogP) is 2.28. The maximum atomic E-state index is 10.9. The first-order chi connectivity index (χ1) is 8.09. The average Bonchev–Trinajstić information content (AvgIpc) is 2.74. The van der Waals surface area contributed by atoms with Crippen molar-refractivity contribution in [3.8, 4) is 11.3 Å². The average molecular weight is 230 g/mol. The van der Waals surface area contributed by atoms with Crippen molar-refractivity contribution in [1.82, 2.24) is 9.55 Å². The minimum Gasteiger partial charge on any atom is -0.481 e. The number of carboxylic acid groups (broad SMARTS) is 1. The normalized spacial score (nSPS) is 12.4. The van der Waals surface area contributed by atoms with Crippen molar-refractivity contribution in [2.24, 2.45) is 7.05 Å². The standard InChI is InChI=1S/C13H14N2O2/c1-9(13(16)17)10-4-3-5-11(6-10)12-7-14-8-15(12)2/h3-9H,1-2H3,(H,16,17). The summed E-state index contributed by atoms with van der Waals surface area (Å²) in [7, 11) is 1.91. The Morgan fingerprint density at radius 1 is 1.47 bits per heavy atom. The molecular formula is C13H14N2O2. The fraction of sp³-hybridized carbons (Fsp3) is 0.231.